The molecule has 0 aliphatic carbocycles. The second-order valence-corrected chi connectivity index (χ2v) is 9.08. The second-order valence-electron chi connectivity index (χ2n) is 6.82. The maximum atomic E-state index is 12.0. The maximum Gasteiger partial charge on any atom is 0.317 e. The SMILES string of the molecule is CCS(=O)(=O)N1CCC(N(CC(=O)O)Cc2ccc3ccccc3n2)CC1. The molecular weight excluding hydrogens is 366 g/mol. The number of rotatable bonds is 7. The van der Waals surface area contributed by atoms with Crippen LogP contribution in [0.3, 0.4) is 0 Å². The highest BCUT2D eigenvalue weighted by atomic mass is 32.2. The summed E-state index contributed by atoms with van der Waals surface area (Å²) in [6, 6.07) is 11.8. The monoisotopic (exact) mass is 391 g/mol. The molecule has 2 aromatic rings. The number of nitrogens with zero attached hydrogens (tertiary/aromatic N) is 3. The van der Waals surface area contributed by atoms with Gasteiger partial charge in [-0.05, 0) is 31.9 Å². The summed E-state index contributed by atoms with van der Waals surface area (Å²) in [6.07, 6.45) is 1.25. The number of para-hydroxylation sites is 1. The zero-order chi connectivity index (χ0) is 19.4. The predicted molar refractivity (Wildman–Crippen MR) is 104 cm³/mol. The Morgan fingerprint density at radius 3 is 2.59 bits per heavy atom. The number of piperidine rings is 1. The van der Waals surface area contributed by atoms with E-state index in [0.717, 1.165) is 16.6 Å². The van der Waals surface area contributed by atoms with E-state index in [0.29, 0.717) is 32.5 Å². The molecular formula is C19H25N3O4S. The summed E-state index contributed by atoms with van der Waals surface area (Å²) in [5.74, 6) is -0.795. The zero-order valence-electron chi connectivity index (χ0n) is 15.4. The Morgan fingerprint density at radius 1 is 1.22 bits per heavy atom. The number of sulfonamides is 1. The van der Waals surface area contributed by atoms with E-state index in [4.69, 9.17) is 0 Å². The number of aliphatic carboxylic acids is 1. The first kappa shape index (κ1) is 19.7. The Kier molecular flexibility index (Phi) is 6.08. The molecule has 27 heavy (non-hydrogen) atoms. The van der Waals surface area contributed by atoms with Gasteiger partial charge in [-0.15, -0.1) is 0 Å². The van der Waals surface area contributed by atoms with Crippen molar-refractivity contribution in [2.45, 2.75) is 32.4 Å². The van der Waals surface area contributed by atoms with Gasteiger partial charge in [0.1, 0.15) is 0 Å². The van der Waals surface area contributed by atoms with Crippen molar-refractivity contribution in [3.63, 3.8) is 0 Å². The average Bonchev–Trinajstić information content (AvgIpc) is 2.67. The predicted octanol–water partition coefficient (Wildman–Crippen LogP) is 1.94. The van der Waals surface area contributed by atoms with E-state index >= 15 is 0 Å². The van der Waals surface area contributed by atoms with Gasteiger partial charge in [0.25, 0.3) is 0 Å². The Hall–Kier alpha value is -2.03. The van der Waals surface area contributed by atoms with Crippen LogP contribution in [-0.2, 0) is 21.4 Å². The normalized spacial score (nSPS) is 16.8. The molecule has 1 aromatic carbocycles. The lowest BCUT2D eigenvalue weighted by atomic mass is 10.0. The molecule has 146 valence electrons. The van der Waals surface area contributed by atoms with Gasteiger partial charge in [0, 0.05) is 31.1 Å². The standard InChI is InChI=1S/C19H25N3O4S/c1-2-27(25,26)22-11-9-17(10-12-22)21(14-19(23)24)13-16-8-7-15-5-3-4-6-18(15)20-16/h3-8,17H,2,9-14H2,1H3,(H,23,24). The van der Waals surface area contributed by atoms with Crippen LogP contribution in [0.1, 0.15) is 25.5 Å². The third kappa shape index (κ3) is 4.82. The highest BCUT2D eigenvalue weighted by Gasteiger charge is 2.30. The minimum atomic E-state index is -3.19. The van der Waals surface area contributed by atoms with Gasteiger partial charge in [0.05, 0.1) is 23.5 Å². The van der Waals surface area contributed by atoms with Crippen LogP contribution < -0.4 is 0 Å². The quantitative estimate of drug-likeness (QED) is 0.776. The molecule has 0 radical (unpaired) electrons. The fraction of sp³-hybridized carbons (Fsp3) is 0.474. The number of hydrogen-bond donors (Lipinski definition) is 1. The van der Waals surface area contributed by atoms with Crippen LogP contribution in [0.25, 0.3) is 10.9 Å². The summed E-state index contributed by atoms with van der Waals surface area (Å²) in [5.41, 5.74) is 1.70. The van der Waals surface area contributed by atoms with E-state index in [1.54, 1.807) is 6.92 Å². The second kappa shape index (κ2) is 8.33. The van der Waals surface area contributed by atoms with Crippen molar-refractivity contribution in [2.24, 2.45) is 0 Å². The summed E-state index contributed by atoms with van der Waals surface area (Å²) >= 11 is 0. The highest BCUT2D eigenvalue weighted by Crippen LogP contribution is 2.21. The lowest BCUT2D eigenvalue weighted by molar-refractivity contribution is -0.139. The summed E-state index contributed by atoms with van der Waals surface area (Å²) in [7, 11) is -3.19. The van der Waals surface area contributed by atoms with Gasteiger partial charge < -0.3 is 5.11 Å². The molecule has 1 N–H and O–H groups in total. The van der Waals surface area contributed by atoms with E-state index < -0.39 is 16.0 Å². The first-order valence-electron chi connectivity index (χ1n) is 9.17. The first-order valence-corrected chi connectivity index (χ1v) is 10.8. The molecule has 3 rings (SSSR count). The maximum absolute atomic E-state index is 12.0. The highest BCUT2D eigenvalue weighted by molar-refractivity contribution is 7.89. The van der Waals surface area contributed by atoms with Gasteiger partial charge >= 0.3 is 5.97 Å². The zero-order valence-corrected chi connectivity index (χ0v) is 16.2. The van der Waals surface area contributed by atoms with E-state index in [1.165, 1.54) is 4.31 Å². The molecule has 2 heterocycles. The van der Waals surface area contributed by atoms with Gasteiger partial charge in [-0.25, -0.2) is 12.7 Å². The number of fused-ring (bicyclic) bond motifs is 1. The first-order chi connectivity index (χ1) is 12.9. The Morgan fingerprint density at radius 2 is 1.93 bits per heavy atom. The fourth-order valence-corrected chi connectivity index (χ4v) is 4.69. The van der Waals surface area contributed by atoms with E-state index in [1.807, 2.05) is 41.3 Å². The molecule has 8 heteroatoms. The smallest absolute Gasteiger partial charge is 0.317 e. The van der Waals surface area contributed by atoms with Gasteiger partial charge in [0.15, 0.2) is 0 Å². The molecule has 0 bridgehead atoms. The van der Waals surface area contributed by atoms with Crippen LogP contribution in [0.4, 0.5) is 0 Å². The van der Waals surface area contributed by atoms with Crippen LogP contribution in [0.15, 0.2) is 36.4 Å². The number of carboxylic acid groups (broad SMARTS) is 1. The average molecular weight is 391 g/mol. The van der Waals surface area contributed by atoms with E-state index in [2.05, 4.69) is 4.98 Å². The van der Waals surface area contributed by atoms with Crippen LogP contribution in [0.5, 0.6) is 0 Å². The van der Waals surface area contributed by atoms with Crippen molar-refractivity contribution in [1.82, 2.24) is 14.2 Å². The van der Waals surface area contributed by atoms with Crippen molar-refractivity contribution in [3.05, 3.63) is 42.1 Å². The molecule has 0 unspecified atom stereocenters. The topological polar surface area (TPSA) is 90.8 Å². The number of carboxylic acids is 1. The van der Waals surface area contributed by atoms with Gasteiger partial charge in [-0.2, -0.15) is 0 Å². The third-order valence-corrected chi connectivity index (χ3v) is 6.94. The summed E-state index contributed by atoms with van der Waals surface area (Å²) in [6.45, 7) is 2.86. The number of aromatic nitrogens is 1. The summed E-state index contributed by atoms with van der Waals surface area (Å²) in [5, 5.41) is 10.4. The van der Waals surface area contributed by atoms with Crippen LogP contribution >= 0.6 is 0 Å². The largest absolute Gasteiger partial charge is 0.480 e. The van der Waals surface area contributed by atoms with Crippen LogP contribution in [0.2, 0.25) is 0 Å². The number of benzene rings is 1. The summed E-state index contributed by atoms with van der Waals surface area (Å²) in [4.78, 5) is 17.9. The van der Waals surface area contributed by atoms with Gasteiger partial charge in [-0.3, -0.25) is 14.7 Å². The van der Waals surface area contributed by atoms with Crippen molar-refractivity contribution >= 4 is 26.9 Å². The number of pyridine rings is 1. The number of hydrogen-bond acceptors (Lipinski definition) is 5. The van der Waals surface area contributed by atoms with Crippen molar-refractivity contribution in [1.29, 1.82) is 0 Å². The molecule has 0 amide bonds. The molecule has 0 saturated carbocycles. The molecule has 7 nitrogen and oxygen atoms in total. The molecule has 1 aliphatic rings. The summed E-state index contributed by atoms with van der Waals surface area (Å²) < 4.78 is 25.6. The molecule has 0 atom stereocenters. The van der Waals surface area contributed by atoms with Crippen LogP contribution in [0, 0.1) is 0 Å². The van der Waals surface area contributed by atoms with Gasteiger partial charge in [0.2, 0.25) is 10.0 Å². The van der Waals surface area contributed by atoms with E-state index in [9.17, 15) is 18.3 Å². The van der Waals surface area contributed by atoms with Gasteiger partial charge in [-0.1, -0.05) is 24.3 Å². The molecule has 1 fully saturated rings. The third-order valence-electron chi connectivity index (χ3n) is 5.06. The molecule has 1 aromatic heterocycles. The van der Waals surface area contributed by atoms with Crippen molar-refractivity contribution < 1.29 is 18.3 Å². The molecule has 1 saturated heterocycles. The van der Waals surface area contributed by atoms with Crippen molar-refractivity contribution in [2.75, 3.05) is 25.4 Å². The Bertz CT molecular complexity index is 908. The van der Waals surface area contributed by atoms with E-state index in [-0.39, 0.29) is 18.3 Å². The fourth-order valence-electron chi connectivity index (χ4n) is 3.56. The lowest BCUT2D eigenvalue weighted by Crippen LogP contribution is -2.48. The lowest BCUT2D eigenvalue weighted by Gasteiger charge is -2.37. The minimum Gasteiger partial charge on any atom is -0.480 e. The Balaban J connectivity index is 1.73. The molecule has 1 aliphatic heterocycles. The van der Waals surface area contributed by atoms with Crippen molar-refractivity contribution in [3.8, 4) is 0 Å². The number of carbonyl (C=O) groups is 1. The minimum absolute atomic E-state index is 0.0256. The van der Waals surface area contributed by atoms with Crippen LogP contribution in [-0.4, -0.2) is 65.1 Å². The molecule has 0 spiro atoms. The Labute approximate surface area is 159 Å².